The molecule has 0 aromatic carbocycles. The Labute approximate surface area is 144 Å². The number of H-pyrrole nitrogens is 1. The Morgan fingerprint density at radius 2 is 2.21 bits per heavy atom. The van der Waals surface area contributed by atoms with E-state index in [1.165, 1.54) is 11.4 Å². The molecule has 1 aliphatic heterocycles. The lowest BCUT2D eigenvalue weighted by atomic mass is 9.92. The van der Waals surface area contributed by atoms with Gasteiger partial charge >= 0.3 is 0 Å². The highest BCUT2D eigenvalue weighted by molar-refractivity contribution is 5.16. The van der Waals surface area contributed by atoms with Crippen molar-refractivity contribution >= 4 is 0 Å². The van der Waals surface area contributed by atoms with Crippen LogP contribution in [0, 0.1) is 5.92 Å². The lowest BCUT2D eigenvalue weighted by Gasteiger charge is -2.24. The van der Waals surface area contributed by atoms with E-state index in [-0.39, 0.29) is 11.5 Å². The van der Waals surface area contributed by atoms with Gasteiger partial charge < -0.3 is 9.64 Å². The fourth-order valence-corrected chi connectivity index (χ4v) is 3.39. The normalized spacial score (nSPS) is 21.8. The largest absolute Gasteiger partial charge is 0.372 e. The van der Waals surface area contributed by atoms with Crippen LogP contribution in [0.25, 0.3) is 0 Å². The third-order valence-corrected chi connectivity index (χ3v) is 4.75. The summed E-state index contributed by atoms with van der Waals surface area (Å²) >= 11 is 0. The molecular formula is C18H29N5O. The van der Waals surface area contributed by atoms with Gasteiger partial charge in [-0.05, 0) is 25.6 Å². The maximum Gasteiger partial charge on any atom is 0.103 e. The first-order valence-corrected chi connectivity index (χ1v) is 8.67. The summed E-state index contributed by atoms with van der Waals surface area (Å²) in [6.07, 6.45) is 3.08. The summed E-state index contributed by atoms with van der Waals surface area (Å²) in [5.41, 5.74) is 3.53. The summed E-state index contributed by atoms with van der Waals surface area (Å²) < 4.78 is 7.91. The minimum Gasteiger partial charge on any atom is -0.372 e. The van der Waals surface area contributed by atoms with Crippen molar-refractivity contribution < 1.29 is 4.74 Å². The molecule has 1 aliphatic rings. The van der Waals surface area contributed by atoms with Crippen molar-refractivity contribution in [3.05, 3.63) is 35.4 Å². The number of nitrogens with one attached hydrogen (secondary N) is 1. The van der Waals surface area contributed by atoms with Gasteiger partial charge in [-0.25, -0.2) is 0 Å². The second-order valence-corrected chi connectivity index (χ2v) is 7.95. The zero-order chi connectivity index (χ0) is 17.3. The monoisotopic (exact) mass is 331 g/mol. The van der Waals surface area contributed by atoms with Crippen LogP contribution in [0.4, 0.5) is 0 Å². The van der Waals surface area contributed by atoms with Gasteiger partial charge in [-0.3, -0.25) is 9.78 Å². The summed E-state index contributed by atoms with van der Waals surface area (Å²) in [5.74, 6) is 0.496. The summed E-state index contributed by atoms with van der Waals surface area (Å²) in [5, 5.41) is 11.9. The van der Waals surface area contributed by atoms with Crippen LogP contribution >= 0.6 is 0 Å². The molecule has 0 aliphatic carbocycles. The van der Waals surface area contributed by atoms with Crippen LogP contribution in [0.15, 0.2) is 18.3 Å². The van der Waals surface area contributed by atoms with E-state index in [1.54, 1.807) is 0 Å². The number of aromatic amines is 1. The van der Waals surface area contributed by atoms with Crippen molar-refractivity contribution in [1.29, 1.82) is 0 Å². The summed E-state index contributed by atoms with van der Waals surface area (Å²) in [4.78, 5) is 2.35. The van der Waals surface area contributed by atoms with E-state index in [0.29, 0.717) is 5.92 Å². The molecule has 132 valence electrons. The lowest BCUT2D eigenvalue weighted by molar-refractivity contribution is 0.0741. The van der Waals surface area contributed by atoms with Crippen LogP contribution in [-0.4, -0.2) is 45.1 Å². The Hall–Kier alpha value is -1.66. The van der Waals surface area contributed by atoms with Gasteiger partial charge in [0.1, 0.15) is 6.10 Å². The summed E-state index contributed by atoms with van der Waals surface area (Å²) in [6.45, 7) is 9.26. The van der Waals surface area contributed by atoms with Crippen molar-refractivity contribution in [2.45, 2.75) is 45.3 Å². The van der Waals surface area contributed by atoms with Crippen molar-refractivity contribution in [3.8, 4) is 0 Å². The first kappa shape index (κ1) is 17.2. The van der Waals surface area contributed by atoms with E-state index < -0.39 is 0 Å². The Balaban J connectivity index is 1.61. The van der Waals surface area contributed by atoms with Gasteiger partial charge in [0.15, 0.2) is 0 Å². The topological polar surface area (TPSA) is 59.0 Å². The Morgan fingerprint density at radius 3 is 2.83 bits per heavy atom. The molecule has 2 aromatic rings. The number of rotatable bonds is 5. The highest BCUT2D eigenvalue weighted by atomic mass is 16.5. The third-order valence-electron chi connectivity index (χ3n) is 4.75. The Bertz CT molecular complexity index is 669. The van der Waals surface area contributed by atoms with Gasteiger partial charge in [0.25, 0.3) is 0 Å². The average Bonchev–Trinajstić information content (AvgIpc) is 3.19. The zero-order valence-electron chi connectivity index (χ0n) is 15.4. The quantitative estimate of drug-likeness (QED) is 0.915. The highest BCUT2D eigenvalue weighted by Gasteiger charge is 2.32. The smallest absolute Gasteiger partial charge is 0.103 e. The van der Waals surface area contributed by atoms with Gasteiger partial charge in [-0.2, -0.15) is 10.2 Å². The molecule has 0 spiro atoms. The fraction of sp³-hybridized carbons (Fsp3) is 0.667. The summed E-state index contributed by atoms with van der Waals surface area (Å²) in [6, 6.07) is 4.24. The maximum atomic E-state index is 5.98. The minimum absolute atomic E-state index is 0.0806. The SMILES string of the molecule is CN(Cc1cc(C(C)(C)C)n[nH]1)C[C@@H]1CCO[C@H]1c1ccnn1C. The number of aromatic nitrogens is 4. The molecule has 0 bridgehead atoms. The number of hydrogen-bond donors (Lipinski definition) is 1. The van der Waals surface area contributed by atoms with Gasteiger partial charge in [-0.15, -0.1) is 0 Å². The molecule has 24 heavy (non-hydrogen) atoms. The molecule has 3 rings (SSSR count). The molecule has 1 N–H and O–H groups in total. The number of aryl methyl sites for hydroxylation is 1. The van der Waals surface area contributed by atoms with E-state index >= 15 is 0 Å². The second kappa shape index (κ2) is 6.69. The molecule has 1 fully saturated rings. The molecule has 2 aromatic heterocycles. The lowest BCUT2D eigenvalue weighted by Crippen LogP contribution is -2.28. The first-order chi connectivity index (χ1) is 11.3. The van der Waals surface area contributed by atoms with Crippen LogP contribution in [0.1, 0.15) is 50.4 Å². The Kier molecular flexibility index (Phi) is 4.78. The van der Waals surface area contributed by atoms with E-state index in [9.17, 15) is 0 Å². The molecule has 3 heterocycles. The van der Waals surface area contributed by atoms with Crippen molar-refractivity contribution in [1.82, 2.24) is 24.9 Å². The molecule has 0 unspecified atom stereocenters. The predicted molar refractivity (Wildman–Crippen MR) is 93.6 cm³/mol. The van der Waals surface area contributed by atoms with Crippen molar-refractivity contribution in [2.75, 3.05) is 20.2 Å². The molecule has 2 atom stereocenters. The minimum atomic E-state index is 0.0806. The maximum absolute atomic E-state index is 5.98. The summed E-state index contributed by atoms with van der Waals surface area (Å²) in [7, 11) is 4.15. The van der Waals surface area contributed by atoms with Crippen LogP contribution in [0.5, 0.6) is 0 Å². The van der Waals surface area contributed by atoms with Crippen molar-refractivity contribution in [3.63, 3.8) is 0 Å². The molecular weight excluding hydrogens is 302 g/mol. The number of hydrogen-bond acceptors (Lipinski definition) is 4. The zero-order valence-corrected chi connectivity index (χ0v) is 15.4. The predicted octanol–water partition coefficient (Wildman–Crippen LogP) is 2.65. The van der Waals surface area contributed by atoms with Crippen LogP contribution in [0.3, 0.4) is 0 Å². The van der Waals surface area contributed by atoms with Gasteiger partial charge in [0, 0.05) is 50.0 Å². The van der Waals surface area contributed by atoms with Crippen molar-refractivity contribution in [2.24, 2.45) is 13.0 Å². The Morgan fingerprint density at radius 1 is 1.42 bits per heavy atom. The third kappa shape index (κ3) is 3.70. The molecule has 1 saturated heterocycles. The fourth-order valence-electron chi connectivity index (χ4n) is 3.39. The van der Waals surface area contributed by atoms with Gasteiger partial charge in [-0.1, -0.05) is 20.8 Å². The molecule has 0 amide bonds. The molecule has 6 nitrogen and oxygen atoms in total. The van der Waals surface area contributed by atoms with Crippen LogP contribution < -0.4 is 0 Å². The standard InChI is InChI=1S/C18H29N5O/c1-18(2,3)16-10-14(20-21-16)12-22(4)11-13-7-9-24-17(13)15-6-8-19-23(15)5/h6,8,10,13,17H,7,9,11-12H2,1-5H3,(H,20,21)/t13-,17+/m0/s1. The first-order valence-electron chi connectivity index (χ1n) is 8.67. The molecule has 0 saturated carbocycles. The van der Waals surface area contributed by atoms with Crippen LogP contribution in [-0.2, 0) is 23.7 Å². The average molecular weight is 331 g/mol. The molecule has 0 radical (unpaired) electrons. The van der Waals surface area contributed by atoms with E-state index in [1.807, 2.05) is 17.9 Å². The van der Waals surface area contributed by atoms with Gasteiger partial charge in [0.05, 0.1) is 11.4 Å². The van der Waals surface area contributed by atoms with E-state index in [4.69, 9.17) is 4.74 Å². The molecule has 6 heteroatoms. The highest BCUT2D eigenvalue weighted by Crippen LogP contribution is 2.34. The second-order valence-electron chi connectivity index (χ2n) is 7.95. The number of nitrogens with zero attached hydrogens (tertiary/aromatic N) is 4. The van der Waals surface area contributed by atoms with E-state index in [0.717, 1.165) is 31.8 Å². The van der Waals surface area contributed by atoms with Crippen LogP contribution in [0.2, 0.25) is 0 Å². The number of ether oxygens (including phenoxy) is 1. The van der Waals surface area contributed by atoms with Gasteiger partial charge in [0.2, 0.25) is 0 Å². The van der Waals surface area contributed by atoms with E-state index in [2.05, 4.69) is 60.1 Å².